The van der Waals surface area contributed by atoms with Crippen LogP contribution in [0.15, 0.2) is 12.4 Å². The number of anilines is 1. The number of nitrogens with zero attached hydrogens (tertiary/aromatic N) is 4. The SMILES string of the molecule is CCOC(C)c1nccn1Cc1nc(N)c2c3c(sc2n1)CC(C)CC3. The molecular formula is C19H25N5OS. The van der Waals surface area contributed by atoms with Crippen molar-refractivity contribution in [3.05, 3.63) is 34.5 Å². The van der Waals surface area contributed by atoms with E-state index in [0.717, 1.165) is 40.6 Å². The average Bonchev–Trinajstić information content (AvgIpc) is 3.18. The van der Waals surface area contributed by atoms with Gasteiger partial charge >= 0.3 is 0 Å². The molecule has 7 heteroatoms. The van der Waals surface area contributed by atoms with E-state index in [1.54, 1.807) is 17.5 Å². The predicted octanol–water partition coefficient (Wildman–Crippen LogP) is 3.74. The molecule has 1 aliphatic carbocycles. The number of nitrogens with two attached hydrogens (primary N) is 1. The van der Waals surface area contributed by atoms with Crippen LogP contribution in [0.25, 0.3) is 10.2 Å². The van der Waals surface area contributed by atoms with Gasteiger partial charge in [-0.05, 0) is 44.6 Å². The topological polar surface area (TPSA) is 78.8 Å². The van der Waals surface area contributed by atoms with Crippen LogP contribution >= 0.6 is 11.3 Å². The van der Waals surface area contributed by atoms with Crippen molar-refractivity contribution < 1.29 is 4.74 Å². The molecule has 0 saturated heterocycles. The second kappa shape index (κ2) is 6.96. The van der Waals surface area contributed by atoms with Crippen molar-refractivity contribution in [3.8, 4) is 0 Å². The Bertz CT molecular complexity index is 932. The average molecular weight is 372 g/mol. The second-order valence-corrected chi connectivity index (χ2v) is 8.15. The van der Waals surface area contributed by atoms with Crippen molar-refractivity contribution in [2.75, 3.05) is 12.3 Å². The summed E-state index contributed by atoms with van der Waals surface area (Å²) in [6.45, 7) is 7.51. The lowest BCUT2D eigenvalue weighted by Crippen LogP contribution is -2.13. The summed E-state index contributed by atoms with van der Waals surface area (Å²) in [6, 6.07) is 0. The van der Waals surface area contributed by atoms with Crippen molar-refractivity contribution in [1.82, 2.24) is 19.5 Å². The highest BCUT2D eigenvalue weighted by molar-refractivity contribution is 7.19. The van der Waals surface area contributed by atoms with Crippen molar-refractivity contribution in [2.24, 2.45) is 5.92 Å². The second-order valence-electron chi connectivity index (χ2n) is 7.07. The molecule has 0 spiro atoms. The molecule has 6 nitrogen and oxygen atoms in total. The van der Waals surface area contributed by atoms with Crippen LogP contribution in [0.2, 0.25) is 0 Å². The maximum atomic E-state index is 6.34. The van der Waals surface area contributed by atoms with Crippen LogP contribution in [0.4, 0.5) is 5.82 Å². The number of aryl methyl sites for hydroxylation is 1. The molecular weight excluding hydrogens is 346 g/mol. The van der Waals surface area contributed by atoms with E-state index in [-0.39, 0.29) is 6.10 Å². The van der Waals surface area contributed by atoms with E-state index in [4.69, 9.17) is 15.5 Å². The zero-order valence-corrected chi connectivity index (χ0v) is 16.3. The third-order valence-electron chi connectivity index (χ3n) is 5.07. The molecule has 3 heterocycles. The Labute approximate surface area is 157 Å². The zero-order valence-electron chi connectivity index (χ0n) is 15.5. The lowest BCUT2D eigenvalue weighted by atomic mass is 9.89. The van der Waals surface area contributed by atoms with Crippen LogP contribution < -0.4 is 5.73 Å². The van der Waals surface area contributed by atoms with Crippen LogP contribution in [0.1, 0.15) is 55.4 Å². The fraction of sp³-hybridized carbons (Fsp3) is 0.526. The number of hydrogen-bond donors (Lipinski definition) is 1. The van der Waals surface area contributed by atoms with E-state index in [0.29, 0.717) is 19.0 Å². The number of aromatic nitrogens is 4. The highest BCUT2D eigenvalue weighted by Gasteiger charge is 2.23. The summed E-state index contributed by atoms with van der Waals surface area (Å²) in [5.41, 5.74) is 7.72. The third kappa shape index (κ3) is 3.10. The molecule has 26 heavy (non-hydrogen) atoms. The first-order valence-electron chi connectivity index (χ1n) is 9.26. The fourth-order valence-electron chi connectivity index (χ4n) is 3.78. The number of fused-ring (bicyclic) bond motifs is 3. The van der Waals surface area contributed by atoms with Crippen LogP contribution in [-0.4, -0.2) is 26.1 Å². The molecule has 1 aliphatic rings. The van der Waals surface area contributed by atoms with Crippen molar-refractivity contribution >= 4 is 27.4 Å². The number of nitrogen functional groups attached to an aromatic ring is 1. The van der Waals surface area contributed by atoms with Gasteiger partial charge in [-0.25, -0.2) is 15.0 Å². The van der Waals surface area contributed by atoms with E-state index in [1.807, 2.05) is 24.6 Å². The first-order valence-corrected chi connectivity index (χ1v) is 10.1. The molecule has 4 rings (SSSR count). The minimum absolute atomic E-state index is 0.0633. The molecule has 0 fully saturated rings. The number of thiophene rings is 1. The molecule has 2 unspecified atom stereocenters. The Morgan fingerprint density at radius 2 is 2.27 bits per heavy atom. The van der Waals surface area contributed by atoms with Gasteiger partial charge in [0.1, 0.15) is 22.6 Å². The minimum Gasteiger partial charge on any atom is -0.383 e. The summed E-state index contributed by atoms with van der Waals surface area (Å²) in [7, 11) is 0. The predicted molar refractivity (Wildman–Crippen MR) is 104 cm³/mol. The molecule has 3 aromatic heterocycles. The molecule has 2 N–H and O–H groups in total. The molecule has 0 bridgehead atoms. The van der Waals surface area contributed by atoms with Crippen molar-refractivity contribution in [1.29, 1.82) is 0 Å². The van der Waals surface area contributed by atoms with Crippen molar-refractivity contribution in [3.63, 3.8) is 0 Å². The third-order valence-corrected chi connectivity index (χ3v) is 6.22. The number of hydrogen-bond acceptors (Lipinski definition) is 6. The summed E-state index contributed by atoms with van der Waals surface area (Å²) in [5.74, 6) is 2.95. The molecule has 0 radical (unpaired) electrons. The summed E-state index contributed by atoms with van der Waals surface area (Å²) in [6.07, 6.45) is 7.09. The molecule has 0 amide bonds. The highest BCUT2D eigenvalue weighted by atomic mass is 32.1. The van der Waals surface area contributed by atoms with E-state index in [9.17, 15) is 0 Å². The first kappa shape index (κ1) is 17.4. The highest BCUT2D eigenvalue weighted by Crippen LogP contribution is 2.39. The van der Waals surface area contributed by atoms with Gasteiger partial charge in [0.25, 0.3) is 0 Å². The Kier molecular flexibility index (Phi) is 4.67. The first-order chi connectivity index (χ1) is 12.6. The van der Waals surface area contributed by atoms with Crippen LogP contribution in [0, 0.1) is 5.92 Å². The fourth-order valence-corrected chi connectivity index (χ4v) is 5.19. The van der Waals surface area contributed by atoms with E-state index >= 15 is 0 Å². The van der Waals surface area contributed by atoms with Crippen LogP contribution in [-0.2, 0) is 24.1 Å². The lowest BCUT2D eigenvalue weighted by Gasteiger charge is -2.17. The zero-order chi connectivity index (χ0) is 18.3. The smallest absolute Gasteiger partial charge is 0.152 e. The van der Waals surface area contributed by atoms with Crippen LogP contribution in [0.3, 0.4) is 0 Å². The molecule has 0 aromatic carbocycles. The van der Waals surface area contributed by atoms with Gasteiger partial charge in [0.2, 0.25) is 0 Å². The van der Waals surface area contributed by atoms with Crippen LogP contribution in [0.5, 0.6) is 0 Å². The normalized spacial score (nSPS) is 18.2. The minimum atomic E-state index is -0.0633. The Hall–Kier alpha value is -1.99. The van der Waals surface area contributed by atoms with E-state index < -0.39 is 0 Å². The Morgan fingerprint density at radius 3 is 3.08 bits per heavy atom. The van der Waals surface area contributed by atoms with Gasteiger partial charge in [-0.15, -0.1) is 11.3 Å². The lowest BCUT2D eigenvalue weighted by molar-refractivity contribution is 0.0677. The van der Waals surface area contributed by atoms with E-state index in [2.05, 4.69) is 16.9 Å². The Balaban J connectivity index is 1.68. The molecule has 0 saturated carbocycles. The maximum Gasteiger partial charge on any atom is 0.152 e. The van der Waals surface area contributed by atoms with Gasteiger partial charge in [-0.2, -0.15) is 0 Å². The number of rotatable bonds is 5. The maximum absolute atomic E-state index is 6.34. The summed E-state index contributed by atoms with van der Waals surface area (Å²) in [4.78, 5) is 16.3. The largest absolute Gasteiger partial charge is 0.383 e. The summed E-state index contributed by atoms with van der Waals surface area (Å²) >= 11 is 1.78. The van der Waals surface area contributed by atoms with Gasteiger partial charge in [-0.3, -0.25) is 0 Å². The van der Waals surface area contributed by atoms with Gasteiger partial charge in [0.05, 0.1) is 11.9 Å². The standard InChI is InChI=1S/C19H25N5OS/c1-4-25-12(3)18-21-7-8-24(18)10-15-22-17(20)16-13-6-5-11(2)9-14(13)26-19(16)23-15/h7-8,11-12H,4-6,9-10H2,1-3H3,(H2,20,22,23). The molecule has 3 aromatic rings. The number of imidazole rings is 1. The van der Waals surface area contributed by atoms with Gasteiger partial charge in [-0.1, -0.05) is 6.92 Å². The van der Waals surface area contributed by atoms with Gasteiger partial charge < -0.3 is 15.0 Å². The molecule has 2 atom stereocenters. The number of ether oxygens (including phenoxy) is 1. The van der Waals surface area contributed by atoms with Gasteiger partial charge in [0, 0.05) is 23.9 Å². The molecule has 0 aliphatic heterocycles. The van der Waals surface area contributed by atoms with Crippen molar-refractivity contribution in [2.45, 2.75) is 52.7 Å². The quantitative estimate of drug-likeness (QED) is 0.739. The van der Waals surface area contributed by atoms with E-state index in [1.165, 1.54) is 16.9 Å². The monoisotopic (exact) mass is 371 g/mol. The summed E-state index contributed by atoms with van der Waals surface area (Å²) < 4.78 is 7.72. The Morgan fingerprint density at radius 1 is 1.42 bits per heavy atom. The van der Waals surface area contributed by atoms with Gasteiger partial charge in [0.15, 0.2) is 5.82 Å². The molecule has 138 valence electrons. The summed E-state index contributed by atoms with van der Waals surface area (Å²) in [5, 5.41) is 1.08.